The highest BCUT2D eigenvalue weighted by Crippen LogP contribution is 2.30. The highest BCUT2D eigenvalue weighted by molar-refractivity contribution is 7.10. The van der Waals surface area contributed by atoms with Gasteiger partial charge in [0.1, 0.15) is 12.4 Å². The van der Waals surface area contributed by atoms with Gasteiger partial charge in [0, 0.05) is 20.8 Å². The van der Waals surface area contributed by atoms with Crippen molar-refractivity contribution in [3.63, 3.8) is 0 Å². The Labute approximate surface area is 192 Å². The molecular formula is C23H20ClF3N2O2S. The SMILES string of the molecule is CC(C)c1cc(C(=O)N/N=C/c2cc(Cl)ccc2OCc2cccc(C(F)(F)F)c2)cs1. The molecule has 9 heteroatoms. The zero-order chi connectivity index (χ0) is 23.3. The van der Waals surface area contributed by atoms with Crippen molar-refractivity contribution in [3.8, 4) is 5.75 Å². The van der Waals surface area contributed by atoms with E-state index in [1.54, 1.807) is 29.6 Å². The van der Waals surface area contributed by atoms with Crippen LogP contribution in [0.4, 0.5) is 13.2 Å². The number of rotatable bonds is 7. The van der Waals surface area contributed by atoms with E-state index >= 15 is 0 Å². The van der Waals surface area contributed by atoms with Crippen LogP contribution in [0.3, 0.4) is 0 Å². The number of thiophene rings is 1. The topological polar surface area (TPSA) is 50.7 Å². The van der Waals surface area contributed by atoms with Crippen molar-refractivity contribution in [3.05, 3.63) is 86.1 Å². The maximum atomic E-state index is 12.9. The van der Waals surface area contributed by atoms with Crippen LogP contribution >= 0.6 is 22.9 Å². The molecular weight excluding hydrogens is 461 g/mol. The number of halogens is 4. The van der Waals surface area contributed by atoms with Crippen LogP contribution in [0.25, 0.3) is 0 Å². The van der Waals surface area contributed by atoms with Gasteiger partial charge in [-0.3, -0.25) is 4.79 Å². The lowest BCUT2D eigenvalue weighted by molar-refractivity contribution is -0.137. The average molecular weight is 481 g/mol. The van der Waals surface area contributed by atoms with Crippen molar-refractivity contribution in [2.45, 2.75) is 32.5 Å². The van der Waals surface area contributed by atoms with Crippen LogP contribution in [-0.4, -0.2) is 12.1 Å². The molecule has 0 aliphatic rings. The number of carbonyl (C=O) groups is 1. The second-order valence-corrected chi connectivity index (χ2v) is 8.64. The van der Waals surface area contributed by atoms with Crippen molar-refractivity contribution in [1.29, 1.82) is 0 Å². The van der Waals surface area contributed by atoms with E-state index in [0.717, 1.165) is 17.0 Å². The fourth-order valence-electron chi connectivity index (χ4n) is 2.75. The maximum absolute atomic E-state index is 12.9. The molecule has 4 nitrogen and oxygen atoms in total. The molecule has 0 bridgehead atoms. The summed E-state index contributed by atoms with van der Waals surface area (Å²) in [5.74, 6) is 0.341. The molecule has 1 aromatic heterocycles. The summed E-state index contributed by atoms with van der Waals surface area (Å²) in [7, 11) is 0. The fourth-order valence-corrected chi connectivity index (χ4v) is 3.84. The van der Waals surface area contributed by atoms with Crippen LogP contribution in [0, 0.1) is 0 Å². The number of nitrogens with zero attached hydrogens (tertiary/aromatic N) is 1. The lowest BCUT2D eigenvalue weighted by Crippen LogP contribution is -2.16. The summed E-state index contributed by atoms with van der Waals surface area (Å²) in [6, 6.07) is 11.5. The van der Waals surface area contributed by atoms with E-state index < -0.39 is 11.7 Å². The molecule has 2 aromatic carbocycles. The Hall–Kier alpha value is -2.84. The molecule has 0 radical (unpaired) electrons. The molecule has 168 valence electrons. The fraction of sp³-hybridized carbons (Fsp3) is 0.217. The standard InChI is InChI=1S/C23H20ClF3N2O2S/c1-14(2)21-10-17(13-32-21)22(30)29-28-11-16-9-19(24)6-7-20(16)31-12-15-4-3-5-18(8-15)23(25,26)27/h3-11,13-14H,12H2,1-2H3,(H,29,30)/b28-11+. The van der Waals surface area contributed by atoms with Crippen LogP contribution in [0.1, 0.15) is 51.7 Å². The number of ether oxygens (including phenoxy) is 1. The van der Waals surface area contributed by atoms with Gasteiger partial charge in [0.15, 0.2) is 0 Å². The molecule has 3 rings (SSSR count). The van der Waals surface area contributed by atoms with Crippen molar-refractivity contribution >= 4 is 35.1 Å². The summed E-state index contributed by atoms with van der Waals surface area (Å²) >= 11 is 7.55. The monoisotopic (exact) mass is 480 g/mol. The van der Waals surface area contributed by atoms with Crippen molar-refractivity contribution < 1.29 is 22.7 Å². The number of alkyl halides is 3. The molecule has 0 spiro atoms. The van der Waals surface area contributed by atoms with Gasteiger partial charge < -0.3 is 4.74 Å². The highest BCUT2D eigenvalue weighted by atomic mass is 35.5. The van der Waals surface area contributed by atoms with Gasteiger partial charge in [-0.05, 0) is 47.9 Å². The van der Waals surface area contributed by atoms with Crippen LogP contribution in [0.2, 0.25) is 5.02 Å². The summed E-state index contributed by atoms with van der Waals surface area (Å²) in [6.07, 6.45) is -3.05. The van der Waals surface area contributed by atoms with E-state index in [0.29, 0.717) is 33.4 Å². The second kappa shape index (κ2) is 10.2. The number of amides is 1. The van der Waals surface area contributed by atoms with Crippen LogP contribution in [0.15, 0.2) is 59.0 Å². The normalized spacial score (nSPS) is 11.8. The Kier molecular flexibility index (Phi) is 7.58. The lowest BCUT2D eigenvalue weighted by Gasteiger charge is -2.12. The first-order valence-electron chi connectivity index (χ1n) is 9.64. The average Bonchev–Trinajstić information content (AvgIpc) is 3.23. The van der Waals surface area contributed by atoms with E-state index in [2.05, 4.69) is 10.5 Å². The summed E-state index contributed by atoms with van der Waals surface area (Å²) in [4.78, 5) is 13.4. The molecule has 0 fully saturated rings. The minimum atomic E-state index is -4.43. The van der Waals surface area contributed by atoms with Crippen LogP contribution in [0.5, 0.6) is 5.75 Å². The Balaban J connectivity index is 1.69. The molecule has 0 saturated carbocycles. The molecule has 0 aliphatic heterocycles. The molecule has 3 aromatic rings. The van der Waals surface area contributed by atoms with Gasteiger partial charge in [0.25, 0.3) is 5.91 Å². The minimum Gasteiger partial charge on any atom is -0.488 e. The molecule has 1 N–H and O–H groups in total. The van der Waals surface area contributed by atoms with E-state index in [1.165, 1.54) is 23.6 Å². The zero-order valence-electron chi connectivity index (χ0n) is 17.2. The lowest BCUT2D eigenvalue weighted by atomic mass is 10.1. The number of carbonyl (C=O) groups excluding carboxylic acids is 1. The van der Waals surface area contributed by atoms with Gasteiger partial charge >= 0.3 is 6.18 Å². The minimum absolute atomic E-state index is 0.0777. The van der Waals surface area contributed by atoms with Crippen molar-refractivity contribution in [1.82, 2.24) is 5.43 Å². The predicted molar refractivity (Wildman–Crippen MR) is 121 cm³/mol. The van der Waals surface area contributed by atoms with Gasteiger partial charge in [-0.2, -0.15) is 18.3 Å². The van der Waals surface area contributed by atoms with Gasteiger partial charge in [-0.1, -0.05) is 37.6 Å². The third-order valence-electron chi connectivity index (χ3n) is 4.44. The molecule has 0 aliphatic carbocycles. The van der Waals surface area contributed by atoms with Crippen molar-refractivity contribution in [2.75, 3.05) is 0 Å². The van der Waals surface area contributed by atoms with Crippen LogP contribution < -0.4 is 10.2 Å². The Morgan fingerprint density at radius 1 is 1.22 bits per heavy atom. The van der Waals surface area contributed by atoms with Crippen molar-refractivity contribution in [2.24, 2.45) is 5.10 Å². The number of hydrazone groups is 1. The van der Waals surface area contributed by atoms with E-state index in [-0.39, 0.29) is 12.5 Å². The molecule has 1 amide bonds. The Morgan fingerprint density at radius 2 is 2.00 bits per heavy atom. The summed E-state index contributed by atoms with van der Waals surface area (Å²) in [5.41, 5.74) is 3.07. The van der Waals surface area contributed by atoms with Gasteiger partial charge in [0.2, 0.25) is 0 Å². The number of hydrogen-bond donors (Lipinski definition) is 1. The molecule has 1 heterocycles. The maximum Gasteiger partial charge on any atom is 0.416 e. The summed E-state index contributed by atoms with van der Waals surface area (Å²) in [6.45, 7) is 4.02. The summed E-state index contributed by atoms with van der Waals surface area (Å²) in [5, 5.41) is 6.15. The first-order chi connectivity index (χ1) is 15.1. The van der Waals surface area contributed by atoms with Crippen LogP contribution in [-0.2, 0) is 12.8 Å². The molecule has 0 atom stereocenters. The zero-order valence-corrected chi connectivity index (χ0v) is 18.8. The Morgan fingerprint density at radius 3 is 2.69 bits per heavy atom. The molecule has 0 unspecified atom stereocenters. The smallest absolute Gasteiger partial charge is 0.416 e. The molecule has 0 saturated heterocycles. The number of benzene rings is 2. The van der Waals surface area contributed by atoms with E-state index in [9.17, 15) is 18.0 Å². The predicted octanol–water partition coefficient (Wildman–Crippen LogP) is 6.89. The number of hydrogen-bond acceptors (Lipinski definition) is 4. The van der Waals surface area contributed by atoms with Gasteiger partial charge in [-0.25, -0.2) is 5.43 Å². The largest absolute Gasteiger partial charge is 0.488 e. The molecule has 32 heavy (non-hydrogen) atoms. The number of nitrogens with one attached hydrogen (secondary N) is 1. The first kappa shape index (κ1) is 23.8. The third kappa shape index (κ3) is 6.34. The quantitative estimate of drug-likeness (QED) is 0.296. The summed E-state index contributed by atoms with van der Waals surface area (Å²) < 4.78 is 44.4. The Bertz CT molecular complexity index is 1130. The first-order valence-corrected chi connectivity index (χ1v) is 10.9. The van der Waals surface area contributed by atoms with Gasteiger partial charge in [-0.15, -0.1) is 11.3 Å². The second-order valence-electron chi connectivity index (χ2n) is 7.26. The van der Waals surface area contributed by atoms with E-state index in [4.69, 9.17) is 16.3 Å². The van der Waals surface area contributed by atoms with E-state index in [1.807, 2.05) is 19.9 Å². The highest BCUT2D eigenvalue weighted by Gasteiger charge is 2.30. The van der Waals surface area contributed by atoms with Gasteiger partial charge in [0.05, 0.1) is 17.3 Å². The third-order valence-corrected chi connectivity index (χ3v) is 5.91.